The van der Waals surface area contributed by atoms with Crippen LogP contribution < -0.4 is 16.2 Å². The van der Waals surface area contributed by atoms with E-state index in [-0.39, 0.29) is 11.5 Å². The second-order valence-corrected chi connectivity index (χ2v) is 13.4. The Balaban J connectivity index is 1.40. The average molecular weight is 618 g/mol. The highest BCUT2D eigenvalue weighted by Gasteiger charge is 2.29. The maximum Gasteiger partial charge on any atom is 0.352 e. The number of carbonyl (C=O) groups is 1. The van der Waals surface area contributed by atoms with E-state index in [4.69, 9.17) is 15.9 Å². The molecule has 43 heavy (non-hydrogen) atoms. The molecule has 0 aromatic heterocycles. The molecular weight excluding hydrogens is 584 g/mol. The molecule has 7 nitrogen and oxygen atoms in total. The minimum atomic E-state index is -1.34. The zero-order valence-corrected chi connectivity index (χ0v) is 25.1. The number of hydrogen-bond donors (Lipinski definition) is 5. The molecule has 0 bridgehead atoms. The second kappa shape index (κ2) is 12.6. The van der Waals surface area contributed by atoms with E-state index in [9.17, 15) is 14.5 Å². The fourth-order valence-corrected chi connectivity index (χ4v) is 6.47. The number of aliphatic carboxylic acids is 1. The summed E-state index contributed by atoms with van der Waals surface area (Å²) in [4.78, 5) is 17.1. The van der Waals surface area contributed by atoms with Crippen molar-refractivity contribution in [2.75, 3.05) is 0 Å². The van der Waals surface area contributed by atoms with Crippen molar-refractivity contribution in [1.29, 1.82) is 0 Å². The van der Waals surface area contributed by atoms with Crippen LogP contribution in [0.2, 0.25) is 0 Å². The van der Waals surface area contributed by atoms with E-state index in [1.807, 2.05) is 24.3 Å². The number of nitrogens with two attached hydrogens (primary N) is 2. The van der Waals surface area contributed by atoms with Gasteiger partial charge >= 0.3 is 5.97 Å². The van der Waals surface area contributed by atoms with Gasteiger partial charge in [-0.25, -0.2) is 9.18 Å². The summed E-state index contributed by atoms with van der Waals surface area (Å²) in [5.41, 5.74) is 12.9. The molecule has 7 N–H and O–H groups in total. The van der Waals surface area contributed by atoms with Crippen LogP contribution in [0.3, 0.4) is 0 Å². The first-order valence-electron chi connectivity index (χ1n) is 14.3. The van der Waals surface area contributed by atoms with Crippen LogP contribution in [-0.2, 0) is 22.6 Å². The summed E-state index contributed by atoms with van der Waals surface area (Å²) in [6.45, 7) is 0. The maximum absolute atomic E-state index is 15.2. The van der Waals surface area contributed by atoms with Crippen molar-refractivity contribution < 1.29 is 18.8 Å². The van der Waals surface area contributed by atoms with Gasteiger partial charge in [0.15, 0.2) is 5.50 Å². The molecule has 2 atom stereocenters. The fourth-order valence-electron chi connectivity index (χ4n) is 5.24. The first-order chi connectivity index (χ1) is 20.7. The molecule has 6 rings (SSSR count). The molecule has 3 aliphatic rings. The molecule has 0 amide bonds. The third-order valence-corrected chi connectivity index (χ3v) is 9.65. The standard InChI is InChI=1S/C33H33FN4O3S2/c34-28-14-11-24(17-26(28)23-9-7-22(8-10-23)21-5-6-21)31(35)27(15-19-3-12-25(13-4-19)43(36)41)29(16-20-1-2-20)37-33-38-30(18-42-33)32(39)40/h3-4,7-14,17-18,20-21,33,38,41H,1-2,5-6,15-16,36H2,(H2-,35,37,39,40)/p+1. The Morgan fingerprint density at radius 1 is 1.05 bits per heavy atom. The molecule has 2 fully saturated rings. The topological polar surface area (TPSA) is 134 Å². The summed E-state index contributed by atoms with van der Waals surface area (Å²) in [5.74, 6) is -0.257. The Hall–Kier alpha value is -3.57. The number of benzene rings is 3. The smallest absolute Gasteiger partial charge is 0.352 e. The van der Waals surface area contributed by atoms with Gasteiger partial charge in [0, 0.05) is 34.4 Å². The number of rotatable bonds is 11. The van der Waals surface area contributed by atoms with E-state index in [1.165, 1.54) is 36.2 Å². The van der Waals surface area contributed by atoms with Gasteiger partial charge in [-0.05, 0) is 96.5 Å². The molecule has 1 aliphatic heterocycles. The lowest BCUT2D eigenvalue weighted by molar-refractivity contribution is -0.133. The SMILES string of the molecule is N/C(=C(Cc1ccc([S+](N)O)cc1)\C(CC1CC1)=N\C1NC(C(=O)O)=CS1)c1ccc(F)c(-c2ccc(C3CC3)cc2)c1. The molecule has 0 saturated heterocycles. The largest absolute Gasteiger partial charge is 0.477 e. The molecule has 0 radical (unpaired) electrons. The highest BCUT2D eigenvalue weighted by atomic mass is 32.2. The predicted octanol–water partition coefficient (Wildman–Crippen LogP) is 6.39. The van der Waals surface area contributed by atoms with Gasteiger partial charge in [-0.1, -0.05) is 48.2 Å². The Kier molecular flexibility index (Phi) is 8.63. The normalized spacial score (nSPS) is 19.8. The molecule has 10 heteroatoms. The monoisotopic (exact) mass is 617 g/mol. The highest BCUT2D eigenvalue weighted by Crippen LogP contribution is 2.41. The van der Waals surface area contributed by atoms with Crippen molar-refractivity contribution in [1.82, 2.24) is 5.32 Å². The predicted molar refractivity (Wildman–Crippen MR) is 173 cm³/mol. The second-order valence-electron chi connectivity index (χ2n) is 11.3. The Morgan fingerprint density at radius 3 is 2.37 bits per heavy atom. The Bertz CT molecular complexity index is 1610. The van der Waals surface area contributed by atoms with E-state index in [0.29, 0.717) is 46.4 Å². The van der Waals surface area contributed by atoms with E-state index >= 15 is 4.39 Å². The van der Waals surface area contributed by atoms with Gasteiger partial charge in [-0.15, -0.1) is 5.14 Å². The van der Waals surface area contributed by atoms with Crippen LogP contribution in [0.5, 0.6) is 0 Å². The van der Waals surface area contributed by atoms with Crippen molar-refractivity contribution in [3.8, 4) is 11.1 Å². The Labute approximate surface area is 257 Å². The minimum absolute atomic E-state index is 0.107. The van der Waals surface area contributed by atoms with Crippen molar-refractivity contribution in [2.24, 2.45) is 21.8 Å². The van der Waals surface area contributed by atoms with E-state index in [2.05, 4.69) is 17.4 Å². The summed E-state index contributed by atoms with van der Waals surface area (Å²) in [6.07, 6.45) is 5.75. The summed E-state index contributed by atoms with van der Waals surface area (Å²) >= 11 is -0.0373. The van der Waals surface area contributed by atoms with Crippen LogP contribution in [0.25, 0.3) is 16.8 Å². The summed E-state index contributed by atoms with van der Waals surface area (Å²) in [6, 6.07) is 20.5. The first kappa shape index (κ1) is 29.5. The van der Waals surface area contributed by atoms with Gasteiger partial charge in [0.25, 0.3) is 11.4 Å². The van der Waals surface area contributed by atoms with Gasteiger partial charge < -0.3 is 16.2 Å². The van der Waals surface area contributed by atoms with Gasteiger partial charge in [0.05, 0.1) is 0 Å². The van der Waals surface area contributed by atoms with Gasteiger partial charge in [0.2, 0.25) is 4.90 Å². The molecule has 1 heterocycles. The number of carboxylic acid groups (broad SMARTS) is 1. The lowest BCUT2D eigenvalue weighted by Gasteiger charge is -2.19. The number of nitrogens with zero attached hydrogens (tertiary/aromatic N) is 1. The van der Waals surface area contributed by atoms with Crippen LogP contribution in [-0.4, -0.2) is 26.8 Å². The van der Waals surface area contributed by atoms with Gasteiger partial charge in [-0.3, -0.25) is 4.99 Å². The zero-order valence-electron chi connectivity index (χ0n) is 23.5. The molecule has 3 aromatic carbocycles. The molecule has 2 unspecified atom stereocenters. The Morgan fingerprint density at radius 2 is 1.77 bits per heavy atom. The van der Waals surface area contributed by atoms with Crippen LogP contribution >= 0.6 is 11.8 Å². The highest BCUT2D eigenvalue weighted by molar-refractivity contribution is 8.03. The number of allylic oxidation sites excluding steroid dienone is 1. The minimum Gasteiger partial charge on any atom is -0.477 e. The van der Waals surface area contributed by atoms with Gasteiger partial charge in [0.1, 0.15) is 11.5 Å². The maximum atomic E-state index is 15.2. The fraction of sp³-hybridized carbons (Fsp3) is 0.273. The average Bonchev–Trinajstić information content (AvgIpc) is 3.95. The quantitative estimate of drug-likeness (QED) is 0.124. The van der Waals surface area contributed by atoms with Crippen LogP contribution in [0.15, 0.2) is 93.3 Å². The van der Waals surface area contributed by atoms with Crippen LogP contribution in [0, 0.1) is 11.7 Å². The number of aliphatic imine (C=N–C) groups is 1. The zero-order chi connectivity index (χ0) is 30.1. The molecule has 3 aromatic rings. The third-order valence-electron chi connectivity index (χ3n) is 8.04. The van der Waals surface area contributed by atoms with Gasteiger partial charge in [-0.2, -0.15) is 4.55 Å². The summed E-state index contributed by atoms with van der Waals surface area (Å²) in [5, 5.41) is 19.6. The van der Waals surface area contributed by atoms with Crippen LogP contribution in [0.1, 0.15) is 54.7 Å². The number of thioether (sulfide) groups is 1. The number of carboxylic acids is 1. The summed E-state index contributed by atoms with van der Waals surface area (Å²) < 4.78 is 25.0. The molecular formula is C33H34FN4O3S2+. The molecule has 2 saturated carbocycles. The lowest BCUT2D eigenvalue weighted by Crippen LogP contribution is -2.25. The lowest BCUT2D eigenvalue weighted by atomic mass is 9.92. The van der Waals surface area contributed by atoms with Crippen molar-refractivity contribution >= 4 is 40.5 Å². The molecule has 2 aliphatic carbocycles. The first-order valence-corrected chi connectivity index (χ1v) is 16.5. The van der Waals surface area contributed by atoms with Crippen molar-refractivity contribution in [3.63, 3.8) is 0 Å². The van der Waals surface area contributed by atoms with E-state index < -0.39 is 22.8 Å². The van der Waals surface area contributed by atoms with Crippen molar-refractivity contribution in [3.05, 3.63) is 106 Å². The van der Waals surface area contributed by atoms with Crippen LogP contribution in [0.4, 0.5) is 4.39 Å². The van der Waals surface area contributed by atoms with E-state index in [1.54, 1.807) is 29.7 Å². The van der Waals surface area contributed by atoms with Crippen molar-refractivity contribution in [2.45, 2.75) is 54.8 Å². The number of halogens is 1. The molecule has 222 valence electrons. The third kappa shape index (κ3) is 7.15. The molecule has 0 spiro atoms. The number of nitrogens with one attached hydrogen (secondary N) is 1. The van der Waals surface area contributed by atoms with E-state index in [0.717, 1.165) is 35.3 Å². The summed E-state index contributed by atoms with van der Waals surface area (Å²) in [7, 11) is 0. The number of hydrogen-bond acceptors (Lipinski definition) is 7.